The molecule has 3 saturated heterocycles. The molecule has 0 saturated carbocycles. The van der Waals surface area contributed by atoms with E-state index in [1.807, 2.05) is 0 Å². The van der Waals surface area contributed by atoms with Crippen LogP contribution in [0.3, 0.4) is 0 Å². The summed E-state index contributed by atoms with van der Waals surface area (Å²) in [6.07, 6.45) is 41.9. The van der Waals surface area contributed by atoms with Crippen LogP contribution in [-0.4, -0.2) is 193 Å². The van der Waals surface area contributed by atoms with E-state index < -0.39 is 124 Å². The molecule has 550 valence electrons. The molecule has 3 heterocycles. The van der Waals surface area contributed by atoms with Crippen molar-refractivity contribution in [3.63, 3.8) is 0 Å². The Hall–Kier alpha value is -2.25. The van der Waals surface area contributed by atoms with E-state index in [9.17, 15) is 61.0 Å². The van der Waals surface area contributed by atoms with Crippen LogP contribution in [0.4, 0.5) is 0 Å². The van der Waals surface area contributed by atoms with Crippen LogP contribution in [0.15, 0.2) is 48.6 Å². The monoisotopic (exact) mass is 1340 g/mol. The third kappa shape index (κ3) is 37.3. The first kappa shape index (κ1) is 86.0. The molecule has 0 spiro atoms. The molecule has 17 unspecified atom stereocenters. The highest BCUT2D eigenvalue weighted by Crippen LogP contribution is 2.33. The lowest BCUT2D eigenvalue weighted by molar-refractivity contribution is -0.379. The fraction of sp³-hybridized carbons (Fsp3) is 0.880. The van der Waals surface area contributed by atoms with E-state index in [4.69, 9.17) is 28.4 Å². The predicted octanol–water partition coefficient (Wildman–Crippen LogP) is 11.3. The number of hydrogen-bond donors (Lipinski definition) is 12. The summed E-state index contributed by atoms with van der Waals surface area (Å²) in [6.45, 7) is 1.71. The molecule has 3 fully saturated rings. The van der Waals surface area contributed by atoms with Gasteiger partial charge in [0.15, 0.2) is 18.9 Å². The van der Waals surface area contributed by atoms with Crippen LogP contribution in [0.5, 0.6) is 0 Å². The van der Waals surface area contributed by atoms with Gasteiger partial charge in [-0.25, -0.2) is 0 Å². The van der Waals surface area contributed by atoms with Crippen LogP contribution in [0.1, 0.15) is 290 Å². The molecule has 12 N–H and O–H groups in total. The summed E-state index contributed by atoms with van der Waals surface area (Å²) in [5, 5.41) is 121. The van der Waals surface area contributed by atoms with Crippen LogP contribution in [0, 0.1) is 0 Å². The number of amides is 1. The van der Waals surface area contributed by atoms with Gasteiger partial charge in [-0.1, -0.05) is 281 Å². The normalized spacial score (nSPS) is 27.6. The highest BCUT2D eigenvalue weighted by Gasteiger charge is 2.53. The number of carbonyl (C=O) groups is 1. The van der Waals surface area contributed by atoms with Crippen molar-refractivity contribution in [3.8, 4) is 0 Å². The number of carbonyl (C=O) groups excluding carboxylic acids is 1. The molecule has 1 amide bonds. The predicted molar refractivity (Wildman–Crippen MR) is 369 cm³/mol. The van der Waals surface area contributed by atoms with E-state index in [-0.39, 0.29) is 18.9 Å². The molecule has 0 bridgehead atoms. The van der Waals surface area contributed by atoms with Crippen molar-refractivity contribution >= 4 is 5.91 Å². The Morgan fingerprint density at radius 1 is 0.394 bits per heavy atom. The smallest absolute Gasteiger partial charge is 0.220 e. The summed E-state index contributed by atoms with van der Waals surface area (Å²) in [4.78, 5) is 13.5. The Balaban J connectivity index is 1.39. The van der Waals surface area contributed by atoms with E-state index in [1.54, 1.807) is 0 Å². The summed E-state index contributed by atoms with van der Waals surface area (Å²) >= 11 is 0. The van der Waals surface area contributed by atoms with Crippen LogP contribution in [-0.2, 0) is 33.2 Å². The highest BCUT2D eigenvalue weighted by molar-refractivity contribution is 5.76. The molecule has 3 aliphatic heterocycles. The molecule has 94 heavy (non-hydrogen) atoms. The summed E-state index contributed by atoms with van der Waals surface area (Å²) < 4.78 is 34.5. The van der Waals surface area contributed by atoms with Crippen LogP contribution >= 0.6 is 0 Å². The Morgan fingerprint density at radius 2 is 0.734 bits per heavy atom. The molecular weight excluding hydrogens is 1200 g/mol. The number of allylic oxidation sites excluding steroid dienone is 8. The summed E-state index contributed by atoms with van der Waals surface area (Å²) in [5.74, 6) is -0.249. The minimum atomic E-state index is -1.98. The minimum Gasteiger partial charge on any atom is -0.394 e. The second kappa shape index (κ2) is 56.5. The van der Waals surface area contributed by atoms with Crippen molar-refractivity contribution in [2.45, 2.75) is 394 Å². The topological polar surface area (TPSA) is 307 Å². The van der Waals surface area contributed by atoms with Crippen molar-refractivity contribution in [3.05, 3.63) is 48.6 Å². The van der Waals surface area contributed by atoms with Gasteiger partial charge in [-0.3, -0.25) is 4.79 Å². The van der Waals surface area contributed by atoms with Gasteiger partial charge in [0.25, 0.3) is 0 Å². The van der Waals surface area contributed by atoms with E-state index >= 15 is 0 Å². The molecule has 19 nitrogen and oxygen atoms in total. The molecule has 3 rings (SSSR count). The highest BCUT2D eigenvalue weighted by atomic mass is 16.8. The summed E-state index contributed by atoms with van der Waals surface area (Å²) in [6, 6.07) is -0.895. The van der Waals surface area contributed by atoms with Crippen LogP contribution < -0.4 is 5.32 Å². The summed E-state index contributed by atoms with van der Waals surface area (Å²) in [7, 11) is 0. The SMILES string of the molecule is CC/C=C\C/C=C\C/C=C\C/C=C\CCCCCCCCCCC(=O)NC(COC1OC(CO)C(OC2OC(CO)C(OC3OC(CO)C(O)C(O)C3O)C(O)C2O)C(O)C1O)C(O)CCCCCCCCCCCCCCCCCCCCCCCCCCCCCC. The number of nitrogens with one attached hydrogen (secondary N) is 1. The Kier molecular flexibility index (Phi) is 51.7. The van der Waals surface area contributed by atoms with Gasteiger partial charge in [-0.2, -0.15) is 0 Å². The molecule has 0 aromatic carbocycles. The fourth-order valence-corrected chi connectivity index (χ4v) is 12.8. The average Bonchev–Trinajstić information content (AvgIpc) is 0.787. The van der Waals surface area contributed by atoms with Crippen LogP contribution in [0.2, 0.25) is 0 Å². The first-order valence-electron chi connectivity index (χ1n) is 37.9. The fourth-order valence-electron chi connectivity index (χ4n) is 12.8. The number of unbranched alkanes of at least 4 members (excludes halogenated alkanes) is 35. The molecular formula is C75H137NO18. The first-order valence-corrected chi connectivity index (χ1v) is 37.9. The Labute approximate surface area is 567 Å². The Bertz CT molecular complexity index is 1890. The lowest BCUT2D eigenvalue weighted by Gasteiger charge is -2.48. The zero-order chi connectivity index (χ0) is 68.2. The van der Waals surface area contributed by atoms with Gasteiger partial charge in [0, 0.05) is 6.42 Å². The molecule has 17 atom stereocenters. The van der Waals surface area contributed by atoms with E-state index in [1.165, 1.54) is 173 Å². The molecule has 3 aliphatic rings. The molecule has 0 aliphatic carbocycles. The van der Waals surface area contributed by atoms with E-state index in [0.29, 0.717) is 12.8 Å². The molecule has 0 aromatic heterocycles. The Morgan fingerprint density at radius 3 is 1.15 bits per heavy atom. The lowest BCUT2D eigenvalue weighted by atomic mass is 9.96. The second-order valence-electron chi connectivity index (χ2n) is 27.1. The van der Waals surface area contributed by atoms with Gasteiger partial charge >= 0.3 is 0 Å². The molecule has 0 aromatic rings. The van der Waals surface area contributed by atoms with Gasteiger partial charge in [-0.15, -0.1) is 0 Å². The average molecular weight is 1340 g/mol. The number of ether oxygens (including phenoxy) is 6. The van der Waals surface area contributed by atoms with E-state index in [2.05, 4.69) is 67.8 Å². The zero-order valence-electron chi connectivity index (χ0n) is 58.4. The minimum absolute atomic E-state index is 0.249. The maximum absolute atomic E-state index is 13.5. The number of aliphatic hydroxyl groups is 11. The van der Waals surface area contributed by atoms with Gasteiger partial charge in [0.05, 0.1) is 38.6 Å². The lowest BCUT2D eigenvalue weighted by Crippen LogP contribution is -2.66. The van der Waals surface area contributed by atoms with Crippen molar-refractivity contribution in [1.82, 2.24) is 5.32 Å². The van der Waals surface area contributed by atoms with Crippen molar-refractivity contribution < 1.29 is 89.4 Å². The maximum Gasteiger partial charge on any atom is 0.220 e. The van der Waals surface area contributed by atoms with E-state index in [0.717, 1.165) is 83.5 Å². The number of rotatable bonds is 59. The quantitative estimate of drug-likeness (QED) is 0.0199. The van der Waals surface area contributed by atoms with Gasteiger partial charge in [0.1, 0.15) is 73.2 Å². The van der Waals surface area contributed by atoms with Crippen molar-refractivity contribution in [2.75, 3.05) is 26.4 Å². The first-order chi connectivity index (χ1) is 45.8. The standard InChI is InChI=1S/C75H137NO18/c1-3-5-7-9-11-13-15-17-19-21-23-25-26-27-28-29-30-31-33-34-36-38-40-42-44-46-48-50-52-59(80)58(76-63(81)53-51-49-47-45-43-41-39-37-35-32-24-22-20-18-16-14-12-10-8-6-4-2)57-89-73-69(87)66(84)71(61(55-78)91-73)94-75-70(88)67(85)72(62(56-79)92-75)93-74-68(86)65(83)64(82)60(54-77)90-74/h6,8,12,14,18,20,24,32,58-62,64-75,77-80,82-88H,3-5,7,9-11,13,15-17,19,21-23,25-31,33-57H2,1-2H3,(H,76,81)/b8-6-,14-12-,20-18-,32-24-. The third-order valence-corrected chi connectivity index (χ3v) is 18.9. The maximum atomic E-state index is 13.5. The van der Waals surface area contributed by atoms with Crippen LogP contribution in [0.25, 0.3) is 0 Å². The van der Waals surface area contributed by atoms with Crippen molar-refractivity contribution in [2.24, 2.45) is 0 Å². The summed E-state index contributed by atoms with van der Waals surface area (Å²) in [5.41, 5.74) is 0. The second-order valence-corrected chi connectivity index (χ2v) is 27.1. The third-order valence-electron chi connectivity index (χ3n) is 18.9. The van der Waals surface area contributed by atoms with Crippen molar-refractivity contribution in [1.29, 1.82) is 0 Å². The van der Waals surface area contributed by atoms with Gasteiger partial charge in [-0.05, 0) is 51.4 Å². The number of hydrogen-bond acceptors (Lipinski definition) is 18. The van der Waals surface area contributed by atoms with Gasteiger partial charge in [0.2, 0.25) is 5.91 Å². The molecule has 19 heteroatoms. The largest absolute Gasteiger partial charge is 0.394 e. The number of aliphatic hydroxyl groups excluding tert-OH is 11. The zero-order valence-corrected chi connectivity index (χ0v) is 58.4. The van der Waals surface area contributed by atoms with Gasteiger partial charge < -0.3 is 89.9 Å². The molecule has 0 radical (unpaired) electrons.